The number of amides is 2. The number of esters is 1. The van der Waals surface area contributed by atoms with Gasteiger partial charge in [-0.3, -0.25) is 9.59 Å². The van der Waals surface area contributed by atoms with Gasteiger partial charge >= 0.3 is 5.97 Å². The third-order valence-electron chi connectivity index (χ3n) is 6.36. The Labute approximate surface area is 169 Å². The molecule has 1 saturated heterocycles. The molecule has 4 atom stereocenters. The van der Waals surface area contributed by atoms with Crippen molar-refractivity contribution in [1.82, 2.24) is 0 Å². The molecule has 0 N–H and O–H groups in total. The molecule has 146 valence electrons. The fourth-order valence-electron chi connectivity index (χ4n) is 4.90. The second kappa shape index (κ2) is 6.41. The van der Waals surface area contributed by atoms with Crippen LogP contribution in [0, 0.1) is 37.5 Å². The van der Waals surface area contributed by atoms with E-state index in [2.05, 4.69) is 12.2 Å². The van der Waals surface area contributed by atoms with Crippen molar-refractivity contribution in [2.45, 2.75) is 20.3 Å². The number of imide groups is 1. The Morgan fingerprint density at radius 2 is 1.66 bits per heavy atom. The van der Waals surface area contributed by atoms with Crippen molar-refractivity contribution in [3.05, 3.63) is 71.3 Å². The van der Waals surface area contributed by atoms with Crippen LogP contribution in [0.3, 0.4) is 0 Å². The van der Waals surface area contributed by atoms with Crippen LogP contribution in [0.4, 0.5) is 5.69 Å². The maximum Gasteiger partial charge on any atom is 0.343 e. The highest BCUT2D eigenvalue weighted by atomic mass is 16.5. The van der Waals surface area contributed by atoms with Gasteiger partial charge in [0.05, 0.1) is 23.1 Å². The van der Waals surface area contributed by atoms with E-state index in [0.717, 1.165) is 17.5 Å². The van der Waals surface area contributed by atoms with Crippen molar-refractivity contribution in [2.75, 3.05) is 4.90 Å². The third-order valence-corrected chi connectivity index (χ3v) is 6.36. The van der Waals surface area contributed by atoms with Crippen molar-refractivity contribution < 1.29 is 19.1 Å². The molecule has 3 aliphatic rings. The number of hydrogen-bond donors (Lipinski definition) is 0. The topological polar surface area (TPSA) is 63.7 Å². The monoisotopic (exact) mass is 387 g/mol. The average molecular weight is 387 g/mol. The standard InChI is InChI=1S/C24H21NO4/c1-13-6-7-14(2)19(10-13)29-24(28)17-4-3-5-18(12-17)25-22(26)20-15-8-9-16(11-15)21(20)23(25)27/h3-10,12,15-16,20-21H,11H2,1-2H3. The zero-order chi connectivity index (χ0) is 20.3. The molecule has 4 unspecified atom stereocenters. The van der Waals surface area contributed by atoms with E-state index >= 15 is 0 Å². The fraction of sp³-hybridized carbons (Fsp3) is 0.292. The molecule has 1 saturated carbocycles. The molecule has 2 aromatic rings. The van der Waals surface area contributed by atoms with Gasteiger partial charge < -0.3 is 4.74 Å². The predicted molar refractivity (Wildman–Crippen MR) is 108 cm³/mol. The molecular weight excluding hydrogens is 366 g/mol. The summed E-state index contributed by atoms with van der Waals surface area (Å²) >= 11 is 0. The molecule has 29 heavy (non-hydrogen) atoms. The van der Waals surface area contributed by atoms with Gasteiger partial charge in [0.1, 0.15) is 5.75 Å². The lowest BCUT2D eigenvalue weighted by atomic mass is 9.85. The van der Waals surface area contributed by atoms with Gasteiger partial charge in [0.2, 0.25) is 11.8 Å². The Bertz CT molecular complexity index is 1060. The van der Waals surface area contributed by atoms with Crippen molar-refractivity contribution >= 4 is 23.5 Å². The molecule has 2 fully saturated rings. The number of allylic oxidation sites excluding steroid dienone is 2. The average Bonchev–Trinajstić information content (AvgIpc) is 3.38. The van der Waals surface area contributed by atoms with E-state index in [1.54, 1.807) is 24.3 Å². The van der Waals surface area contributed by atoms with Gasteiger partial charge in [-0.15, -0.1) is 0 Å². The number of aryl methyl sites for hydroxylation is 2. The van der Waals surface area contributed by atoms with Crippen molar-refractivity contribution in [3.63, 3.8) is 0 Å². The number of ether oxygens (including phenoxy) is 1. The van der Waals surface area contributed by atoms with Gasteiger partial charge in [0.25, 0.3) is 0 Å². The van der Waals surface area contributed by atoms with E-state index in [1.807, 2.05) is 32.0 Å². The van der Waals surface area contributed by atoms with Crippen LogP contribution in [0.25, 0.3) is 0 Å². The largest absolute Gasteiger partial charge is 0.423 e. The maximum absolute atomic E-state index is 13.0. The minimum Gasteiger partial charge on any atom is -0.423 e. The Hall–Kier alpha value is -3.21. The second-order valence-corrected chi connectivity index (χ2v) is 8.22. The molecule has 0 radical (unpaired) electrons. The quantitative estimate of drug-likeness (QED) is 0.347. The van der Waals surface area contributed by atoms with Gasteiger partial charge in [0.15, 0.2) is 0 Å². The van der Waals surface area contributed by atoms with Crippen LogP contribution in [0.1, 0.15) is 27.9 Å². The summed E-state index contributed by atoms with van der Waals surface area (Å²) in [5.41, 5.74) is 2.60. The molecule has 5 rings (SSSR count). The van der Waals surface area contributed by atoms with Crippen molar-refractivity contribution in [3.8, 4) is 5.75 Å². The summed E-state index contributed by atoms with van der Waals surface area (Å²) in [6.45, 7) is 3.81. The molecule has 0 aromatic heterocycles. The molecule has 1 aliphatic heterocycles. The van der Waals surface area contributed by atoms with E-state index in [1.165, 1.54) is 4.90 Å². The summed E-state index contributed by atoms with van der Waals surface area (Å²) in [5.74, 6) is -0.528. The SMILES string of the molecule is Cc1ccc(C)c(OC(=O)c2cccc(N3C(=O)C4C5C=CC(C5)C4C3=O)c2)c1. The van der Waals surface area contributed by atoms with Crippen LogP contribution in [-0.4, -0.2) is 17.8 Å². The van der Waals surface area contributed by atoms with Crippen LogP contribution in [0.2, 0.25) is 0 Å². The first-order chi connectivity index (χ1) is 13.9. The molecule has 0 spiro atoms. The van der Waals surface area contributed by atoms with Crippen molar-refractivity contribution in [1.29, 1.82) is 0 Å². The fourth-order valence-corrected chi connectivity index (χ4v) is 4.90. The number of rotatable bonds is 3. The predicted octanol–water partition coefficient (Wildman–Crippen LogP) is 3.83. The molecule has 5 heteroatoms. The Morgan fingerprint density at radius 3 is 2.34 bits per heavy atom. The number of fused-ring (bicyclic) bond motifs is 5. The Morgan fingerprint density at radius 1 is 0.966 bits per heavy atom. The van der Waals surface area contributed by atoms with Crippen LogP contribution in [0.5, 0.6) is 5.75 Å². The van der Waals surface area contributed by atoms with Crippen LogP contribution in [-0.2, 0) is 9.59 Å². The summed E-state index contributed by atoms with van der Waals surface area (Å²) in [6.07, 6.45) is 5.03. The molecule has 2 aromatic carbocycles. The van der Waals surface area contributed by atoms with Crippen molar-refractivity contribution in [2.24, 2.45) is 23.7 Å². The number of anilines is 1. The number of hydrogen-bond acceptors (Lipinski definition) is 4. The summed E-state index contributed by atoms with van der Waals surface area (Å²) in [6, 6.07) is 12.2. The first-order valence-corrected chi connectivity index (χ1v) is 9.89. The van der Waals surface area contributed by atoms with Crippen LogP contribution in [0.15, 0.2) is 54.6 Å². The highest BCUT2D eigenvalue weighted by Gasteiger charge is 2.59. The lowest BCUT2D eigenvalue weighted by Crippen LogP contribution is -2.33. The second-order valence-electron chi connectivity index (χ2n) is 8.22. The molecular formula is C24H21NO4. The summed E-state index contributed by atoms with van der Waals surface area (Å²) in [4.78, 5) is 40.0. The first-order valence-electron chi connectivity index (χ1n) is 9.89. The number of benzene rings is 2. The minimum absolute atomic E-state index is 0.156. The number of nitrogens with zero attached hydrogens (tertiary/aromatic N) is 1. The Balaban J connectivity index is 1.42. The highest BCUT2D eigenvalue weighted by Crippen LogP contribution is 2.53. The number of carbonyl (C=O) groups excluding carboxylic acids is 3. The zero-order valence-corrected chi connectivity index (χ0v) is 16.3. The van der Waals surface area contributed by atoms with E-state index in [-0.39, 0.29) is 35.5 Å². The molecule has 2 bridgehead atoms. The third kappa shape index (κ3) is 2.72. The van der Waals surface area contributed by atoms with Crippen LogP contribution >= 0.6 is 0 Å². The van der Waals surface area contributed by atoms with E-state index in [0.29, 0.717) is 17.0 Å². The van der Waals surface area contributed by atoms with Crippen LogP contribution < -0.4 is 9.64 Å². The Kier molecular flexibility index (Phi) is 3.95. The van der Waals surface area contributed by atoms with Gasteiger partial charge in [0, 0.05) is 0 Å². The molecule has 2 amide bonds. The molecule has 1 heterocycles. The van der Waals surface area contributed by atoms with Gasteiger partial charge in [-0.2, -0.15) is 0 Å². The van der Waals surface area contributed by atoms with Gasteiger partial charge in [-0.1, -0.05) is 30.4 Å². The first kappa shape index (κ1) is 17.9. The molecule has 2 aliphatic carbocycles. The zero-order valence-electron chi connectivity index (χ0n) is 16.3. The van der Waals surface area contributed by atoms with E-state index in [9.17, 15) is 14.4 Å². The lowest BCUT2D eigenvalue weighted by Gasteiger charge is -2.18. The summed E-state index contributed by atoms with van der Waals surface area (Å²) < 4.78 is 5.56. The minimum atomic E-state index is -0.512. The summed E-state index contributed by atoms with van der Waals surface area (Å²) in [7, 11) is 0. The van der Waals surface area contributed by atoms with E-state index < -0.39 is 5.97 Å². The van der Waals surface area contributed by atoms with Gasteiger partial charge in [-0.25, -0.2) is 9.69 Å². The summed E-state index contributed by atoms with van der Waals surface area (Å²) in [5, 5.41) is 0. The van der Waals surface area contributed by atoms with E-state index in [4.69, 9.17) is 4.74 Å². The highest BCUT2D eigenvalue weighted by molar-refractivity contribution is 6.23. The lowest BCUT2D eigenvalue weighted by molar-refractivity contribution is -0.123. The smallest absolute Gasteiger partial charge is 0.343 e. The normalized spacial score (nSPS) is 26.9. The molecule has 5 nitrogen and oxygen atoms in total. The van der Waals surface area contributed by atoms with Gasteiger partial charge in [-0.05, 0) is 67.5 Å². The number of carbonyl (C=O) groups is 3. The maximum atomic E-state index is 13.0.